The summed E-state index contributed by atoms with van der Waals surface area (Å²) in [6.45, 7) is 1.46. The van der Waals surface area contributed by atoms with Crippen LogP contribution in [-0.2, 0) is 14.3 Å². The zero-order valence-electron chi connectivity index (χ0n) is 19.5. The van der Waals surface area contributed by atoms with Gasteiger partial charge in [0.1, 0.15) is 30.1 Å². The first-order chi connectivity index (χ1) is 17.7. The van der Waals surface area contributed by atoms with Gasteiger partial charge in [0.15, 0.2) is 0 Å². The summed E-state index contributed by atoms with van der Waals surface area (Å²) in [6, 6.07) is 5.93. The van der Waals surface area contributed by atoms with Gasteiger partial charge < -0.3 is 29.3 Å². The van der Waals surface area contributed by atoms with Crippen molar-refractivity contribution in [3.05, 3.63) is 36.9 Å². The molecule has 2 aliphatic rings. The first-order valence-corrected chi connectivity index (χ1v) is 10.6. The van der Waals surface area contributed by atoms with E-state index >= 15 is 0 Å². The maximum absolute atomic E-state index is 10.6. The van der Waals surface area contributed by atoms with Gasteiger partial charge >= 0.3 is 24.3 Å². The average molecular weight is 556 g/mol. The Bertz CT molecular complexity index is 1030. The summed E-state index contributed by atoms with van der Waals surface area (Å²) in [6.07, 6.45) is -3.14. The number of fused-ring (bicyclic) bond motifs is 1. The molecule has 2 fully saturated rings. The van der Waals surface area contributed by atoms with Crippen molar-refractivity contribution in [3.8, 4) is 11.6 Å². The Morgan fingerprint density at radius 1 is 1.08 bits per heavy atom. The molecular formula is C21H22F6N4O7. The number of ether oxygens (including phenoxy) is 3. The van der Waals surface area contributed by atoms with Gasteiger partial charge in [0.25, 0.3) is 0 Å². The third kappa shape index (κ3) is 8.89. The molecule has 17 heteroatoms. The number of carboxylic acid groups (broad SMARTS) is 2. The van der Waals surface area contributed by atoms with Gasteiger partial charge in [-0.2, -0.15) is 26.3 Å². The lowest BCUT2D eigenvalue weighted by Gasteiger charge is -2.39. The Labute approximate surface area is 211 Å². The van der Waals surface area contributed by atoms with E-state index < -0.39 is 24.3 Å². The molecule has 0 aromatic carbocycles. The summed E-state index contributed by atoms with van der Waals surface area (Å²) in [5, 5.41) is 14.2. The minimum absolute atomic E-state index is 0.0277. The number of carbonyl (C=O) groups is 2. The number of aliphatic carboxylic acids is 2. The van der Waals surface area contributed by atoms with Crippen LogP contribution in [0.3, 0.4) is 0 Å². The van der Waals surface area contributed by atoms with Crippen molar-refractivity contribution in [1.82, 2.24) is 15.0 Å². The maximum Gasteiger partial charge on any atom is 0.490 e. The molecule has 1 saturated carbocycles. The molecule has 0 amide bonds. The Morgan fingerprint density at radius 3 is 2.24 bits per heavy atom. The summed E-state index contributed by atoms with van der Waals surface area (Å²) in [4.78, 5) is 32.7. The largest absolute Gasteiger partial charge is 0.490 e. The molecule has 1 aliphatic carbocycles. The van der Waals surface area contributed by atoms with Crippen LogP contribution in [0.25, 0.3) is 0 Å². The average Bonchev–Trinajstić information content (AvgIpc) is 3.27. The summed E-state index contributed by atoms with van der Waals surface area (Å²) in [7, 11) is 1.61. The zero-order chi connectivity index (χ0) is 28.5. The molecule has 2 N–H and O–H groups in total. The monoisotopic (exact) mass is 556 g/mol. The summed E-state index contributed by atoms with van der Waals surface area (Å²) >= 11 is 0. The fourth-order valence-electron chi connectivity index (χ4n) is 3.52. The van der Waals surface area contributed by atoms with Gasteiger partial charge in [0.05, 0.1) is 26.0 Å². The first-order valence-electron chi connectivity index (χ1n) is 10.6. The maximum atomic E-state index is 10.6. The number of methoxy groups -OCH3 is 1. The van der Waals surface area contributed by atoms with Crippen LogP contribution in [0.5, 0.6) is 11.6 Å². The SMILES string of the molecule is COc1cc(N2CCO[C@H]3[C@@H](Oc4cccnc4)CC[C@@H]32)ncn1.O=C(O)C(F)(F)F.O=C(O)C(F)(F)F. The van der Waals surface area contributed by atoms with Crippen molar-refractivity contribution < 1.29 is 60.4 Å². The topological polar surface area (TPSA) is 144 Å². The molecule has 38 heavy (non-hydrogen) atoms. The quantitative estimate of drug-likeness (QED) is 0.537. The highest BCUT2D eigenvalue weighted by atomic mass is 19.4. The van der Waals surface area contributed by atoms with E-state index in [4.69, 9.17) is 34.0 Å². The van der Waals surface area contributed by atoms with Crippen molar-refractivity contribution in [2.45, 2.75) is 43.4 Å². The van der Waals surface area contributed by atoms with E-state index in [1.54, 1.807) is 19.5 Å². The number of halogens is 6. The second kappa shape index (κ2) is 13.1. The number of morpholine rings is 1. The zero-order valence-corrected chi connectivity index (χ0v) is 19.5. The van der Waals surface area contributed by atoms with Crippen LogP contribution in [0.1, 0.15) is 12.8 Å². The summed E-state index contributed by atoms with van der Waals surface area (Å²) in [5.41, 5.74) is 0. The Kier molecular flexibility index (Phi) is 10.4. The molecule has 0 unspecified atom stereocenters. The number of aromatic nitrogens is 3. The molecule has 4 rings (SSSR count). The van der Waals surface area contributed by atoms with E-state index in [9.17, 15) is 26.3 Å². The lowest BCUT2D eigenvalue weighted by Crippen LogP contribution is -2.52. The Hall–Kier alpha value is -3.89. The lowest BCUT2D eigenvalue weighted by atomic mass is 10.1. The van der Waals surface area contributed by atoms with Crippen LogP contribution >= 0.6 is 0 Å². The summed E-state index contributed by atoms with van der Waals surface area (Å²) < 4.78 is 80.8. The number of rotatable bonds is 4. The first kappa shape index (κ1) is 30.3. The molecule has 0 radical (unpaired) electrons. The third-order valence-electron chi connectivity index (χ3n) is 5.07. The van der Waals surface area contributed by atoms with E-state index in [1.165, 1.54) is 6.33 Å². The molecule has 2 aromatic heterocycles. The lowest BCUT2D eigenvalue weighted by molar-refractivity contribution is -0.193. The van der Waals surface area contributed by atoms with Gasteiger partial charge in [0.2, 0.25) is 5.88 Å². The van der Waals surface area contributed by atoms with Crippen LogP contribution in [0.4, 0.5) is 32.2 Å². The molecule has 210 valence electrons. The third-order valence-corrected chi connectivity index (χ3v) is 5.07. The van der Waals surface area contributed by atoms with Gasteiger partial charge in [-0.3, -0.25) is 4.98 Å². The highest BCUT2D eigenvalue weighted by molar-refractivity contribution is 5.73. The van der Waals surface area contributed by atoms with E-state index in [2.05, 4.69) is 19.9 Å². The molecule has 2 aromatic rings. The van der Waals surface area contributed by atoms with E-state index in [1.807, 2.05) is 18.2 Å². The number of hydrogen-bond donors (Lipinski definition) is 2. The number of anilines is 1. The number of nitrogens with zero attached hydrogens (tertiary/aromatic N) is 4. The Balaban J connectivity index is 0.000000301. The molecule has 1 saturated heterocycles. The van der Waals surface area contributed by atoms with E-state index in [0.29, 0.717) is 12.5 Å². The minimum atomic E-state index is -5.08. The molecule has 3 heterocycles. The van der Waals surface area contributed by atoms with Crippen molar-refractivity contribution in [1.29, 1.82) is 0 Å². The highest BCUT2D eigenvalue weighted by Gasteiger charge is 2.45. The molecular weight excluding hydrogens is 534 g/mol. The van der Waals surface area contributed by atoms with Crippen LogP contribution in [-0.4, -0.2) is 88.0 Å². The number of carboxylic acids is 2. The van der Waals surface area contributed by atoms with Crippen molar-refractivity contribution in [2.75, 3.05) is 25.2 Å². The normalized spacial score (nSPS) is 20.6. The van der Waals surface area contributed by atoms with Gasteiger partial charge in [-0.1, -0.05) is 0 Å². The second-order valence-corrected chi connectivity index (χ2v) is 7.54. The molecule has 11 nitrogen and oxygen atoms in total. The number of alkyl halides is 6. The smallest absolute Gasteiger partial charge is 0.486 e. The molecule has 0 spiro atoms. The van der Waals surface area contributed by atoms with Crippen molar-refractivity contribution >= 4 is 17.8 Å². The van der Waals surface area contributed by atoms with Gasteiger partial charge in [-0.25, -0.2) is 19.6 Å². The standard InChI is InChI=1S/C17H20N4O3.2C2HF3O2/c1-22-16-9-15(19-11-20-16)21-7-8-23-17-13(21)4-5-14(17)24-12-3-2-6-18-10-12;2*3-2(4,5)1(6)7/h2-3,6,9-11,13-14,17H,4-5,7-8H2,1H3;2*(H,6,7)/t13-,14-,17+;;/m0../s1. The second-order valence-electron chi connectivity index (χ2n) is 7.54. The van der Waals surface area contributed by atoms with Crippen LogP contribution in [0.15, 0.2) is 36.9 Å². The molecule has 0 bridgehead atoms. The van der Waals surface area contributed by atoms with Crippen LogP contribution in [0.2, 0.25) is 0 Å². The van der Waals surface area contributed by atoms with E-state index in [-0.39, 0.29) is 18.2 Å². The Morgan fingerprint density at radius 2 is 1.71 bits per heavy atom. The fraction of sp³-hybridized carbons (Fsp3) is 0.476. The predicted octanol–water partition coefficient (Wildman–Crippen LogP) is 2.96. The van der Waals surface area contributed by atoms with Crippen molar-refractivity contribution in [2.24, 2.45) is 0 Å². The predicted molar refractivity (Wildman–Crippen MR) is 115 cm³/mol. The van der Waals surface area contributed by atoms with Gasteiger partial charge in [-0.15, -0.1) is 0 Å². The summed E-state index contributed by atoms with van der Waals surface area (Å²) in [5.74, 6) is -3.28. The van der Waals surface area contributed by atoms with Crippen LogP contribution in [0, 0.1) is 0 Å². The molecule has 3 atom stereocenters. The van der Waals surface area contributed by atoms with Crippen molar-refractivity contribution in [3.63, 3.8) is 0 Å². The van der Waals surface area contributed by atoms with Crippen LogP contribution < -0.4 is 14.4 Å². The molecule has 1 aliphatic heterocycles. The van der Waals surface area contributed by atoms with Gasteiger partial charge in [-0.05, 0) is 25.0 Å². The van der Waals surface area contributed by atoms with E-state index in [0.717, 1.165) is 31.0 Å². The number of hydrogen-bond acceptors (Lipinski definition) is 9. The minimum Gasteiger partial charge on any atom is -0.486 e. The number of pyridine rings is 1. The highest BCUT2D eigenvalue weighted by Crippen LogP contribution is 2.35. The van der Waals surface area contributed by atoms with Gasteiger partial charge in [0, 0.05) is 18.8 Å². The fourth-order valence-corrected chi connectivity index (χ4v) is 3.52.